The van der Waals surface area contributed by atoms with Crippen LogP contribution in [0.1, 0.15) is 11.1 Å². The Labute approximate surface area is 151 Å². The molecular weight excluding hydrogens is 393 g/mol. The molecule has 2 aromatic carbocycles. The zero-order valence-electron chi connectivity index (χ0n) is 13.4. The summed E-state index contributed by atoms with van der Waals surface area (Å²) < 4.78 is 29.2. The van der Waals surface area contributed by atoms with Gasteiger partial charge < -0.3 is 14.2 Å². The molecule has 2 aromatic rings. The van der Waals surface area contributed by atoms with Crippen LogP contribution in [0.3, 0.4) is 0 Å². The van der Waals surface area contributed by atoms with Crippen LogP contribution in [-0.2, 0) is 9.53 Å². The van der Waals surface area contributed by atoms with Crippen molar-refractivity contribution in [1.82, 2.24) is 0 Å². The van der Waals surface area contributed by atoms with Crippen molar-refractivity contribution in [3.05, 3.63) is 63.5 Å². The van der Waals surface area contributed by atoms with Crippen LogP contribution >= 0.6 is 15.9 Å². The van der Waals surface area contributed by atoms with Crippen LogP contribution in [0.5, 0.6) is 11.5 Å². The van der Waals surface area contributed by atoms with Gasteiger partial charge in [0.2, 0.25) is 5.90 Å². The van der Waals surface area contributed by atoms with E-state index in [1.54, 1.807) is 30.3 Å². The Hall–Kier alpha value is -2.67. The first-order valence-corrected chi connectivity index (χ1v) is 8.00. The van der Waals surface area contributed by atoms with E-state index < -0.39 is 5.97 Å². The SMILES string of the molecule is COc1cc(OC)cc(C2=N/C(=C\c3ccc(F)c(Br)c3)C(=O)O2)c1. The molecular formula is C18H13BrFNO4. The molecule has 1 aliphatic rings. The van der Waals surface area contributed by atoms with Gasteiger partial charge in [-0.25, -0.2) is 14.2 Å². The summed E-state index contributed by atoms with van der Waals surface area (Å²) in [6, 6.07) is 9.47. The Bertz CT molecular complexity index is 886. The molecule has 0 saturated heterocycles. The average Bonchev–Trinajstić information content (AvgIpc) is 2.98. The Morgan fingerprint density at radius 2 is 1.80 bits per heavy atom. The van der Waals surface area contributed by atoms with Gasteiger partial charge in [-0.1, -0.05) is 6.07 Å². The van der Waals surface area contributed by atoms with Crippen LogP contribution in [0.4, 0.5) is 4.39 Å². The first-order chi connectivity index (χ1) is 12.0. The summed E-state index contributed by atoms with van der Waals surface area (Å²) in [5, 5.41) is 0. The van der Waals surface area contributed by atoms with Crippen molar-refractivity contribution in [2.75, 3.05) is 14.2 Å². The molecule has 0 spiro atoms. The van der Waals surface area contributed by atoms with Crippen LogP contribution in [0, 0.1) is 5.82 Å². The molecule has 0 N–H and O–H groups in total. The van der Waals surface area contributed by atoms with E-state index in [9.17, 15) is 9.18 Å². The van der Waals surface area contributed by atoms with Gasteiger partial charge in [0, 0.05) is 11.6 Å². The quantitative estimate of drug-likeness (QED) is 0.570. The van der Waals surface area contributed by atoms with Gasteiger partial charge in [-0.3, -0.25) is 0 Å². The van der Waals surface area contributed by atoms with Gasteiger partial charge in [-0.05, 0) is 51.8 Å². The summed E-state index contributed by atoms with van der Waals surface area (Å²) >= 11 is 3.11. The van der Waals surface area contributed by atoms with Crippen molar-refractivity contribution in [3.8, 4) is 11.5 Å². The standard InChI is InChI=1S/C18H13BrFNO4/c1-23-12-7-11(8-13(9-12)24-2)17-21-16(18(22)25-17)6-10-3-4-15(20)14(19)5-10/h3-9H,1-2H3/b16-6-. The Morgan fingerprint density at radius 3 is 2.40 bits per heavy atom. The maximum atomic E-state index is 13.3. The van der Waals surface area contributed by atoms with Gasteiger partial charge in [0.05, 0.1) is 18.7 Å². The number of aliphatic imine (C=N–C) groups is 1. The lowest BCUT2D eigenvalue weighted by Gasteiger charge is -2.07. The molecule has 5 nitrogen and oxygen atoms in total. The number of carbonyl (C=O) groups is 1. The van der Waals surface area contributed by atoms with Gasteiger partial charge in [-0.15, -0.1) is 0 Å². The first-order valence-electron chi connectivity index (χ1n) is 7.21. The van der Waals surface area contributed by atoms with E-state index in [2.05, 4.69) is 20.9 Å². The highest BCUT2D eigenvalue weighted by Gasteiger charge is 2.25. The van der Waals surface area contributed by atoms with Gasteiger partial charge in [0.25, 0.3) is 0 Å². The molecule has 1 aliphatic heterocycles. The number of hydrogen-bond donors (Lipinski definition) is 0. The van der Waals surface area contributed by atoms with Crippen molar-refractivity contribution in [2.45, 2.75) is 0 Å². The van der Waals surface area contributed by atoms with Crippen molar-refractivity contribution in [3.63, 3.8) is 0 Å². The predicted octanol–water partition coefficient (Wildman–Crippen LogP) is 3.95. The minimum absolute atomic E-state index is 0.121. The number of rotatable bonds is 4. The molecule has 0 unspecified atom stereocenters. The van der Waals surface area contributed by atoms with Crippen molar-refractivity contribution in [1.29, 1.82) is 0 Å². The van der Waals surface area contributed by atoms with Gasteiger partial charge in [0.15, 0.2) is 5.70 Å². The molecule has 0 radical (unpaired) electrons. The average molecular weight is 406 g/mol. The second-order valence-electron chi connectivity index (χ2n) is 5.11. The van der Waals surface area contributed by atoms with E-state index in [-0.39, 0.29) is 17.4 Å². The smallest absolute Gasteiger partial charge is 0.363 e. The molecule has 25 heavy (non-hydrogen) atoms. The van der Waals surface area contributed by atoms with Crippen LogP contribution < -0.4 is 9.47 Å². The third-order valence-corrected chi connectivity index (χ3v) is 4.07. The second kappa shape index (κ2) is 7.06. The summed E-state index contributed by atoms with van der Waals surface area (Å²) in [6.45, 7) is 0. The molecule has 0 amide bonds. The fraction of sp³-hybridized carbons (Fsp3) is 0.111. The number of hydrogen-bond acceptors (Lipinski definition) is 5. The number of ether oxygens (including phenoxy) is 3. The normalized spacial score (nSPS) is 15.1. The third kappa shape index (κ3) is 3.71. The Balaban J connectivity index is 1.97. The van der Waals surface area contributed by atoms with Crippen molar-refractivity contribution in [2.24, 2.45) is 4.99 Å². The van der Waals surface area contributed by atoms with Crippen molar-refractivity contribution >= 4 is 33.9 Å². The molecule has 128 valence electrons. The maximum Gasteiger partial charge on any atom is 0.363 e. The van der Waals surface area contributed by atoms with Crippen LogP contribution in [0.2, 0.25) is 0 Å². The summed E-state index contributed by atoms with van der Waals surface area (Å²) in [7, 11) is 3.05. The molecule has 0 saturated carbocycles. The monoisotopic (exact) mass is 405 g/mol. The minimum atomic E-state index is -0.586. The maximum absolute atomic E-state index is 13.3. The van der Waals surface area contributed by atoms with E-state index in [0.717, 1.165) is 0 Å². The molecule has 7 heteroatoms. The Kier molecular flexibility index (Phi) is 4.85. The summed E-state index contributed by atoms with van der Waals surface area (Å²) in [6.07, 6.45) is 1.52. The van der Waals surface area contributed by atoms with E-state index >= 15 is 0 Å². The zero-order chi connectivity index (χ0) is 18.0. The first kappa shape index (κ1) is 17.2. The third-order valence-electron chi connectivity index (χ3n) is 3.47. The molecule has 0 atom stereocenters. The molecule has 3 rings (SSSR count). The Morgan fingerprint density at radius 1 is 1.12 bits per heavy atom. The predicted molar refractivity (Wildman–Crippen MR) is 94.3 cm³/mol. The largest absolute Gasteiger partial charge is 0.497 e. The number of halogens is 2. The lowest BCUT2D eigenvalue weighted by atomic mass is 10.2. The fourth-order valence-corrected chi connectivity index (χ4v) is 2.62. The molecule has 1 heterocycles. The fourth-order valence-electron chi connectivity index (χ4n) is 2.22. The topological polar surface area (TPSA) is 57.1 Å². The van der Waals surface area contributed by atoms with Crippen molar-refractivity contribution < 1.29 is 23.4 Å². The summed E-state index contributed by atoms with van der Waals surface area (Å²) in [5.41, 5.74) is 1.29. The number of benzene rings is 2. The van der Waals surface area contributed by atoms with E-state index in [0.29, 0.717) is 27.1 Å². The lowest BCUT2D eigenvalue weighted by molar-refractivity contribution is -0.129. The van der Waals surface area contributed by atoms with Gasteiger partial charge >= 0.3 is 5.97 Å². The highest BCUT2D eigenvalue weighted by molar-refractivity contribution is 9.10. The van der Waals surface area contributed by atoms with E-state index in [4.69, 9.17) is 14.2 Å². The van der Waals surface area contributed by atoms with Gasteiger partial charge in [-0.2, -0.15) is 0 Å². The highest BCUT2D eigenvalue weighted by Crippen LogP contribution is 2.27. The zero-order valence-corrected chi connectivity index (χ0v) is 15.0. The molecule has 0 aliphatic carbocycles. The van der Waals surface area contributed by atoms with E-state index in [1.807, 2.05) is 0 Å². The molecule has 0 aromatic heterocycles. The summed E-state index contributed by atoms with van der Waals surface area (Å²) in [5.74, 6) is 0.275. The van der Waals surface area contributed by atoms with Crippen LogP contribution in [-0.4, -0.2) is 26.1 Å². The molecule has 0 fully saturated rings. The number of methoxy groups -OCH3 is 2. The van der Waals surface area contributed by atoms with Crippen LogP contribution in [0.25, 0.3) is 6.08 Å². The molecule has 0 bridgehead atoms. The number of cyclic esters (lactones) is 1. The number of carbonyl (C=O) groups excluding carboxylic acids is 1. The lowest BCUT2D eigenvalue weighted by Crippen LogP contribution is -2.06. The number of nitrogens with zero attached hydrogens (tertiary/aromatic N) is 1. The van der Waals surface area contributed by atoms with Crippen LogP contribution in [0.15, 0.2) is 51.6 Å². The summed E-state index contributed by atoms with van der Waals surface area (Å²) in [4.78, 5) is 16.3. The van der Waals surface area contributed by atoms with E-state index in [1.165, 1.54) is 26.4 Å². The minimum Gasteiger partial charge on any atom is -0.497 e. The van der Waals surface area contributed by atoms with Gasteiger partial charge in [0.1, 0.15) is 17.3 Å². The highest BCUT2D eigenvalue weighted by atomic mass is 79.9. The second-order valence-corrected chi connectivity index (χ2v) is 5.97. The number of esters is 1.